The molecule has 0 amide bonds. The molecule has 1 aliphatic heterocycles. The second-order valence-corrected chi connectivity index (χ2v) is 19.6. The van der Waals surface area contributed by atoms with Crippen LogP contribution in [0.1, 0.15) is 11.1 Å². The molecule has 0 saturated carbocycles. The summed E-state index contributed by atoms with van der Waals surface area (Å²) in [6.07, 6.45) is 5.76. The zero-order valence-electron chi connectivity index (χ0n) is 15.2. The Morgan fingerprint density at radius 1 is 0.958 bits per heavy atom. The summed E-state index contributed by atoms with van der Waals surface area (Å²) in [6, 6.07) is 14.6. The van der Waals surface area contributed by atoms with Crippen LogP contribution in [0.5, 0.6) is 5.75 Å². The first-order chi connectivity index (χ1) is 11.2. The van der Waals surface area contributed by atoms with Gasteiger partial charge in [0.25, 0.3) is 0 Å². The van der Waals surface area contributed by atoms with Gasteiger partial charge in [-0.3, -0.25) is 4.99 Å². The van der Waals surface area contributed by atoms with E-state index in [0.29, 0.717) is 5.75 Å². The zero-order chi connectivity index (χ0) is 17.8. The van der Waals surface area contributed by atoms with Crippen LogP contribution in [-0.2, 0) is 13.6 Å². The molecule has 0 atom stereocenters. The van der Waals surface area contributed by atoms with Crippen molar-refractivity contribution in [3.8, 4) is 5.75 Å². The van der Waals surface area contributed by atoms with E-state index in [2.05, 4.69) is 65.7 Å². The Labute approximate surface area is 146 Å². The van der Waals surface area contributed by atoms with Gasteiger partial charge < -0.3 is 0 Å². The molecule has 2 aromatic rings. The monoisotopic (exact) mass is 412 g/mol. The van der Waals surface area contributed by atoms with Crippen LogP contribution in [-0.4, -0.2) is 17.9 Å². The van der Waals surface area contributed by atoms with E-state index in [0.717, 1.165) is 6.54 Å². The number of aliphatic imine (C=N–C) groups is 1. The Morgan fingerprint density at radius 3 is 1.96 bits per heavy atom. The van der Waals surface area contributed by atoms with Crippen molar-refractivity contribution in [1.29, 1.82) is 0 Å². The molecule has 131 valence electrons. The molecule has 0 spiro atoms. The van der Waals surface area contributed by atoms with Crippen molar-refractivity contribution in [3.63, 3.8) is 0 Å². The summed E-state index contributed by atoms with van der Waals surface area (Å²) in [5, 5.41) is 9.76. The topological polar surface area (TPSA) is 32.6 Å². The summed E-state index contributed by atoms with van der Waals surface area (Å²) in [5.41, 5.74) is 9.70. The van der Waals surface area contributed by atoms with Crippen LogP contribution < -0.4 is 8.32 Å². The summed E-state index contributed by atoms with van der Waals surface area (Å²) in [6.45, 7) is 5.11. The van der Waals surface area contributed by atoms with Gasteiger partial charge >= 0.3 is 117 Å². The van der Waals surface area contributed by atoms with Gasteiger partial charge in [0.05, 0.1) is 6.54 Å². The molecule has 0 unspecified atom stereocenters. The number of hydrogen-bond donors (Lipinski definition) is 1. The maximum atomic E-state index is 9.76. The molecule has 1 N–H and O–H groups in total. The van der Waals surface area contributed by atoms with Crippen molar-refractivity contribution in [1.82, 2.24) is 0 Å². The Kier molecular flexibility index (Phi) is 5.45. The van der Waals surface area contributed by atoms with Crippen LogP contribution in [0.2, 0.25) is 16.6 Å². The Balaban J connectivity index is 0.000000355. The molecule has 3 heteroatoms. The molecule has 24 heavy (non-hydrogen) atoms. The van der Waals surface area contributed by atoms with Crippen molar-refractivity contribution in [3.05, 3.63) is 65.7 Å². The van der Waals surface area contributed by atoms with Gasteiger partial charge in [-0.05, 0) is 6.08 Å². The number of benzene rings is 2. The van der Waals surface area contributed by atoms with Crippen molar-refractivity contribution >= 4 is 14.5 Å². The van der Waals surface area contributed by atoms with Crippen molar-refractivity contribution in [2.24, 2.45) is 4.99 Å². The molecule has 0 fully saturated rings. The quantitative estimate of drug-likeness (QED) is 0.729. The fraction of sp³-hybridized carbons (Fsp3) is 0.286. The first-order valence-corrected chi connectivity index (χ1v) is 14.8. The predicted octanol–water partition coefficient (Wildman–Crippen LogP) is 4.42. The first kappa shape index (κ1) is 18.6. The number of hydrogen-bond acceptors (Lipinski definition) is 2. The van der Waals surface area contributed by atoms with Crippen LogP contribution in [0.15, 0.2) is 59.6 Å². The number of phenolic OH excluding ortho intramolecular Hbond substituents is 1. The number of allylic oxidation sites excluding steroid dienone is 1. The molecule has 0 saturated heterocycles. The SMILES string of the molecule is C1=CCN=C1.Cc1cc(O)cc(C)[c]1[Ru]([CH3])([CH3])([CH3])[c]1ccccc1. The van der Waals surface area contributed by atoms with Crippen LogP contribution in [0.3, 0.4) is 0 Å². The summed E-state index contributed by atoms with van der Waals surface area (Å²) < 4.78 is 2.91. The van der Waals surface area contributed by atoms with Crippen LogP contribution in [0, 0.1) is 13.8 Å². The van der Waals surface area contributed by atoms with Crippen LogP contribution in [0.4, 0.5) is 0 Å². The third-order valence-corrected chi connectivity index (χ3v) is 12.5. The van der Waals surface area contributed by atoms with E-state index in [4.69, 9.17) is 0 Å². The standard InChI is InChI=1S/C8H9O.C6H5.C4H5N.3CH3.Ru/c1-6-3-7(2)5-8(9)4-6;1-2-4-6-5-3-1;1-2-4-5-3-1;;;;/h4-5,9H,1-2H3;1-5H;1-3H,4H2;3*1H3;. The Morgan fingerprint density at radius 2 is 1.54 bits per heavy atom. The third-order valence-electron chi connectivity index (χ3n) is 4.00. The summed E-state index contributed by atoms with van der Waals surface area (Å²) in [5.74, 6) is 0.368. The summed E-state index contributed by atoms with van der Waals surface area (Å²) in [4.78, 5) is 3.85. The summed E-state index contributed by atoms with van der Waals surface area (Å²) in [7, 11) is 0. The average molecular weight is 412 g/mol. The van der Waals surface area contributed by atoms with Crippen LogP contribution in [0.25, 0.3) is 0 Å². The van der Waals surface area contributed by atoms with E-state index in [9.17, 15) is 5.11 Å². The van der Waals surface area contributed by atoms with E-state index >= 15 is 0 Å². The fourth-order valence-corrected chi connectivity index (χ4v) is 11.0. The molecule has 2 nitrogen and oxygen atoms in total. The average Bonchev–Trinajstić information content (AvgIpc) is 3.05. The van der Waals surface area contributed by atoms with Gasteiger partial charge in [-0.15, -0.1) is 0 Å². The van der Waals surface area contributed by atoms with Gasteiger partial charge in [0.15, 0.2) is 0 Å². The van der Waals surface area contributed by atoms with Gasteiger partial charge in [-0.25, -0.2) is 0 Å². The third kappa shape index (κ3) is 4.02. The zero-order valence-corrected chi connectivity index (χ0v) is 17.0. The van der Waals surface area contributed by atoms with Gasteiger partial charge in [0, 0.05) is 6.21 Å². The van der Waals surface area contributed by atoms with E-state index in [1.165, 1.54) is 19.4 Å². The number of aryl methyl sites for hydroxylation is 2. The molecule has 0 aromatic heterocycles. The number of nitrogens with zero attached hydrogens (tertiary/aromatic N) is 1. The Bertz CT molecular complexity index is 734. The molecule has 0 aliphatic carbocycles. The van der Waals surface area contributed by atoms with Gasteiger partial charge in [-0.2, -0.15) is 0 Å². The molecule has 3 rings (SSSR count). The molecular weight excluding hydrogens is 383 g/mol. The summed E-state index contributed by atoms with van der Waals surface area (Å²) >= 11 is -2.76. The normalized spacial score (nSPS) is 14.6. The molecule has 1 heterocycles. The number of rotatable bonds is 2. The molecule has 0 radical (unpaired) electrons. The first-order valence-electron chi connectivity index (χ1n) is 7.85. The van der Waals surface area contributed by atoms with E-state index < -0.39 is 13.6 Å². The predicted molar refractivity (Wildman–Crippen MR) is 103 cm³/mol. The maximum absolute atomic E-state index is 9.76. The molecule has 2 aromatic carbocycles. The van der Waals surface area contributed by atoms with Crippen molar-refractivity contribution < 1.29 is 18.7 Å². The molecule has 1 aliphatic rings. The molecule has 0 bridgehead atoms. The van der Waals surface area contributed by atoms with Gasteiger partial charge in [0.2, 0.25) is 0 Å². The van der Waals surface area contributed by atoms with Gasteiger partial charge in [-0.1, -0.05) is 6.08 Å². The van der Waals surface area contributed by atoms with E-state index in [1.54, 1.807) is 6.21 Å². The minimum atomic E-state index is -2.76. The minimum absolute atomic E-state index is 0.368. The molecular formula is C21H28NORu. The second kappa shape index (κ2) is 7.03. The van der Waals surface area contributed by atoms with Crippen molar-refractivity contribution in [2.45, 2.75) is 30.4 Å². The fourth-order valence-electron chi connectivity index (χ4n) is 3.12. The van der Waals surface area contributed by atoms with E-state index in [-0.39, 0.29) is 0 Å². The second-order valence-electron chi connectivity index (χ2n) is 6.81. The van der Waals surface area contributed by atoms with Crippen LogP contribution >= 0.6 is 0 Å². The van der Waals surface area contributed by atoms with E-state index in [1.807, 2.05) is 24.3 Å². The van der Waals surface area contributed by atoms with Gasteiger partial charge in [0.1, 0.15) is 0 Å². The number of aromatic hydroxyl groups is 1. The Hall–Kier alpha value is -1.73. The van der Waals surface area contributed by atoms with Crippen molar-refractivity contribution in [2.75, 3.05) is 6.54 Å². The number of phenols is 1.